The number of anilines is 1. The Morgan fingerprint density at radius 2 is 1.82 bits per heavy atom. The van der Waals surface area contributed by atoms with Crippen LogP contribution in [0.1, 0.15) is 42.7 Å². The van der Waals surface area contributed by atoms with Gasteiger partial charge in [-0.1, -0.05) is 61.0 Å². The molecular formula is C30H36Cl2N2O5Si. The highest BCUT2D eigenvalue weighted by Crippen LogP contribution is 2.58. The first-order chi connectivity index (χ1) is 18.9. The molecule has 40 heavy (non-hydrogen) atoms. The molecule has 0 bridgehead atoms. The SMILES string of the molecule is C[Si](C)(C)CCOCN1C(=O)[C@]2(c3ccc(Cl)cc31)[C@H](c1cccc(Cl)c1)CC(CC(=O)O)C(=O)N2CC1CC1. The van der Waals surface area contributed by atoms with Crippen LogP contribution in [-0.4, -0.2) is 55.7 Å². The molecule has 2 aliphatic heterocycles. The van der Waals surface area contributed by atoms with E-state index in [0.717, 1.165) is 24.4 Å². The van der Waals surface area contributed by atoms with Crippen molar-refractivity contribution in [1.82, 2.24) is 4.90 Å². The van der Waals surface area contributed by atoms with Crippen molar-refractivity contribution in [3.8, 4) is 0 Å². The fraction of sp³-hybridized carbons (Fsp3) is 0.500. The van der Waals surface area contributed by atoms with Crippen LogP contribution < -0.4 is 4.90 Å². The summed E-state index contributed by atoms with van der Waals surface area (Å²) >= 11 is 12.9. The second kappa shape index (κ2) is 11.1. The highest BCUT2D eigenvalue weighted by atomic mass is 35.5. The van der Waals surface area contributed by atoms with Crippen LogP contribution in [-0.2, 0) is 24.7 Å². The number of fused-ring (bicyclic) bond motifs is 2. The lowest BCUT2D eigenvalue weighted by molar-refractivity contribution is -0.161. The molecule has 5 rings (SSSR count). The molecule has 2 heterocycles. The summed E-state index contributed by atoms with van der Waals surface area (Å²) in [4.78, 5) is 44.2. The number of carbonyl (C=O) groups excluding carboxylic acids is 2. The van der Waals surface area contributed by atoms with Crippen molar-refractivity contribution >= 4 is 54.7 Å². The van der Waals surface area contributed by atoms with Crippen molar-refractivity contribution < 1.29 is 24.2 Å². The fourth-order valence-electron chi connectivity index (χ4n) is 6.15. The zero-order chi connectivity index (χ0) is 28.8. The number of likely N-dealkylation sites (tertiary alicyclic amines) is 1. The lowest BCUT2D eigenvalue weighted by Crippen LogP contribution is -2.64. The summed E-state index contributed by atoms with van der Waals surface area (Å²) in [6, 6.07) is 13.7. The van der Waals surface area contributed by atoms with Crippen LogP contribution in [0.15, 0.2) is 42.5 Å². The third-order valence-electron chi connectivity index (χ3n) is 8.32. The van der Waals surface area contributed by atoms with Crippen molar-refractivity contribution in [1.29, 1.82) is 0 Å². The van der Waals surface area contributed by atoms with Gasteiger partial charge in [0.25, 0.3) is 5.91 Å². The van der Waals surface area contributed by atoms with Gasteiger partial charge in [0.1, 0.15) is 6.73 Å². The summed E-state index contributed by atoms with van der Waals surface area (Å²) in [6.07, 6.45) is 1.86. The van der Waals surface area contributed by atoms with Gasteiger partial charge in [-0.2, -0.15) is 0 Å². The molecule has 1 spiro atoms. The van der Waals surface area contributed by atoms with E-state index >= 15 is 0 Å². The Balaban J connectivity index is 1.65. The van der Waals surface area contributed by atoms with Gasteiger partial charge in [0.05, 0.1) is 12.1 Å². The maximum Gasteiger partial charge on any atom is 0.304 e. The lowest BCUT2D eigenvalue weighted by Gasteiger charge is -2.51. The Kier molecular flexibility index (Phi) is 8.09. The minimum Gasteiger partial charge on any atom is -0.481 e. The van der Waals surface area contributed by atoms with E-state index in [2.05, 4.69) is 19.6 Å². The number of piperidine rings is 1. The predicted molar refractivity (Wildman–Crippen MR) is 159 cm³/mol. The molecule has 2 fully saturated rings. The summed E-state index contributed by atoms with van der Waals surface area (Å²) in [5, 5.41) is 10.7. The molecule has 10 heteroatoms. The second-order valence-corrected chi connectivity index (χ2v) is 19.0. The van der Waals surface area contributed by atoms with Gasteiger partial charge in [-0.3, -0.25) is 19.3 Å². The number of rotatable bonds is 10. The number of carbonyl (C=O) groups is 3. The molecule has 3 aliphatic rings. The molecule has 2 aromatic rings. The van der Waals surface area contributed by atoms with Crippen LogP contribution in [0.2, 0.25) is 35.7 Å². The number of hydrogen-bond donors (Lipinski definition) is 1. The lowest BCUT2D eigenvalue weighted by atomic mass is 9.66. The quantitative estimate of drug-likeness (QED) is 0.252. The van der Waals surface area contributed by atoms with Crippen molar-refractivity contribution in [3.63, 3.8) is 0 Å². The standard InChI is InChI=1S/C30H36Cl2N2O5Si/c1-40(2,3)12-11-39-18-33-26-16-23(32)9-10-24(26)30(29(33)38)25(20-5-4-6-22(31)13-20)14-21(15-27(35)36)28(37)34(30)17-19-7-8-19/h4-6,9-10,13,16,19,21,25H,7-8,11-12,14-15,17-18H2,1-3H3,(H,35,36)/t21?,25-,30-/m0/s1. The van der Waals surface area contributed by atoms with Crippen molar-refractivity contribution in [2.45, 2.75) is 62.8 Å². The summed E-state index contributed by atoms with van der Waals surface area (Å²) < 4.78 is 6.08. The molecule has 1 saturated carbocycles. The number of carboxylic acid groups (broad SMARTS) is 1. The third-order valence-corrected chi connectivity index (χ3v) is 10.5. The van der Waals surface area contributed by atoms with Gasteiger partial charge in [0.2, 0.25) is 5.91 Å². The Bertz CT molecular complexity index is 1330. The van der Waals surface area contributed by atoms with Gasteiger partial charge >= 0.3 is 5.97 Å². The normalized spacial score (nSPS) is 24.6. The van der Waals surface area contributed by atoms with E-state index < -0.39 is 31.4 Å². The van der Waals surface area contributed by atoms with E-state index in [0.29, 0.717) is 34.4 Å². The zero-order valence-corrected chi connectivity index (χ0v) is 25.7. The predicted octanol–water partition coefficient (Wildman–Crippen LogP) is 6.36. The van der Waals surface area contributed by atoms with Crippen LogP contribution in [0.4, 0.5) is 5.69 Å². The first-order valence-electron chi connectivity index (χ1n) is 13.9. The molecule has 2 amide bonds. The molecule has 2 aromatic carbocycles. The van der Waals surface area contributed by atoms with Crippen molar-refractivity contribution in [3.05, 3.63) is 63.6 Å². The highest BCUT2D eigenvalue weighted by molar-refractivity contribution is 6.76. The van der Waals surface area contributed by atoms with E-state index in [9.17, 15) is 19.5 Å². The van der Waals surface area contributed by atoms with E-state index in [1.165, 1.54) is 0 Å². The number of aliphatic carboxylic acids is 1. The van der Waals surface area contributed by atoms with Crippen LogP contribution in [0.25, 0.3) is 0 Å². The molecule has 7 nitrogen and oxygen atoms in total. The maximum absolute atomic E-state index is 14.9. The zero-order valence-electron chi connectivity index (χ0n) is 23.2. The van der Waals surface area contributed by atoms with E-state index in [-0.39, 0.29) is 37.3 Å². The average molecular weight is 604 g/mol. The van der Waals surface area contributed by atoms with E-state index in [1.54, 1.807) is 28.0 Å². The number of amides is 2. The first kappa shape index (κ1) is 29.1. The fourth-order valence-corrected chi connectivity index (χ4v) is 7.28. The van der Waals surface area contributed by atoms with Crippen molar-refractivity contribution in [2.75, 3.05) is 24.8 Å². The maximum atomic E-state index is 14.9. The molecule has 3 atom stereocenters. The average Bonchev–Trinajstić information content (AvgIpc) is 3.66. The van der Waals surface area contributed by atoms with Gasteiger partial charge in [0, 0.05) is 48.7 Å². The molecule has 1 aliphatic carbocycles. The summed E-state index contributed by atoms with van der Waals surface area (Å²) in [6.45, 7) is 7.79. The van der Waals surface area contributed by atoms with Crippen LogP contribution in [0.5, 0.6) is 0 Å². The summed E-state index contributed by atoms with van der Waals surface area (Å²) in [5.74, 6) is -2.56. The van der Waals surface area contributed by atoms with Gasteiger partial charge < -0.3 is 14.7 Å². The molecule has 0 aromatic heterocycles. The second-order valence-electron chi connectivity index (χ2n) is 12.5. The topological polar surface area (TPSA) is 87.1 Å². The molecule has 1 saturated heterocycles. The minimum atomic E-state index is -1.36. The number of nitrogens with zero attached hydrogens (tertiary/aromatic N) is 2. The third kappa shape index (κ3) is 5.56. The van der Waals surface area contributed by atoms with Gasteiger partial charge in [-0.05, 0) is 61.1 Å². The Morgan fingerprint density at radius 1 is 1.10 bits per heavy atom. The van der Waals surface area contributed by atoms with Crippen molar-refractivity contribution in [2.24, 2.45) is 11.8 Å². The largest absolute Gasteiger partial charge is 0.481 e. The van der Waals surface area contributed by atoms with Gasteiger partial charge in [-0.15, -0.1) is 0 Å². The number of benzene rings is 2. The molecule has 214 valence electrons. The Labute approximate surface area is 246 Å². The summed E-state index contributed by atoms with van der Waals surface area (Å²) in [7, 11) is -1.35. The van der Waals surface area contributed by atoms with Crippen LogP contribution in [0.3, 0.4) is 0 Å². The van der Waals surface area contributed by atoms with E-state index in [1.807, 2.05) is 24.3 Å². The Morgan fingerprint density at radius 3 is 2.48 bits per heavy atom. The monoisotopic (exact) mass is 602 g/mol. The molecular weight excluding hydrogens is 567 g/mol. The number of hydrogen-bond acceptors (Lipinski definition) is 4. The van der Waals surface area contributed by atoms with Crippen LogP contribution >= 0.6 is 23.2 Å². The Hall–Kier alpha value is -2.39. The first-order valence-corrected chi connectivity index (χ1v) is 18.4. The van der Waals surface area contributed by atoms with Gasteiger partial charge in [0.15, 0.2) is 5.54 Å². The molecule has 1 N–H and O–H groups in total. The number of halogens is 2. The molecule has 0 radical (unpaired) electrons. The minimum absolute atomic E-state index is 0.0463. The number of ether oxygens (including phenoxy) is 1. The summed E-state index contributed by atoms with van der Waals surface area (Å²) in [5.41, 5.74) is 0.764. The van der Waals surface area contributed by atoms with Gasteiger partial charge in [-0.25, -0.2) is 0 Å². The van der Waals surface area contributed by atoms with E-state index in [4.69, 9.17) is 27.9 Å². The smallest absolute Gasteiger partial charge is 0.304 e. The molecule has 1 unspecified atom stereocenters. The highest BCUT2D eigenvalue weighted by Gasteiger charge is 2.64. The van der Waals surface area contributed by atoms with Crippen LogP contribution in [0, 0.1) is 11.8 Å². The number of carboxylic acids is 1.